The Labute approximate surface area is 111 Å². The third-order valence-corrected chi connectivity index (χ3v) is 3.58. The van der Waals surface area contributed by atoms with Crippen LogP contribution in [0.5, 0.6) is 0 Å². The van der Waals surface area contributed by atoms with Crippen LogP contribution in [0.15, 0.2) is 0 Å². The molecule has 1 atom stereocenters. The summed E-state index contributed by atoms with van der Waals surface area (Å²) in [5, 5.41) is 0. The molecule has 3 nitrogen and oxygen atoms in total. The molecule has 0 aliphatic carbocycles. The van der Waals surface area contributed by atoms with Crippen molar-refractivity contribution < 1.29 is 4.79 Å². The third kappa shape index (κ3) is 6.43. The van der Waals surface area contributed by atoms with Gasteiger partial charge in [0, 0.05) is 36.6 Å². The van der Waals surface area contributed by atoms with Gasteiger partial charge < -0.3 is 5.73 Å². The lowest BCUT2D eigenvalue weighted by Gasteiger charge is -2.30. The van der Waals surface area contributed by atoms with Gasteiger partial charge in [-0.25, -0.2) is 0 Å². The molecule has 0 aromatic rings. The fraction of sp³-hybridized carbons (Fsp3) is 0.923. The molecule has 0 radical (unpaired) electrons. The lowest BCUT2D eigenvalue weighted by molar-refractivity contribution is -0.128. The van der Waals surface area contributed by atoms with Crippen LogP contribution < -0.4 is 5.73 Å². The van der Waals surface area contributed by atoms with Gasteiger partial charge >= 0.3 is 0 Å². The van der Waals surface area contributed by atoms with Crippen molar-refractivity contribution in [3.63, 3.8) is 0 Å². The maximum absolute atomic E-state index is 11.9. The van der Waals surface area contributed by atoms with Crippen molar-refractivity contribution in [3.8, 4) is 0 Å². The summed E-state index contributed by atoms with van der Waals surface area (Å²) < 4.78 is 0. The number of carbonyl (C=O) groups excluding carboxylic acids is 1. The summed E-state index contributed by atoms with van der Waals surface area (Å²) in [7, 11) is 0. The van der Waals surface area contributed by atoms with Gasteiger partial charge in [0.1, 0.15) is 0 Å². The highest BCUT2D eigenvalue weighted by atomic mass is 32.2. The Hall–Kier alpha value is -0.0600. The zero-order chi connectivity index (χ0) is 13.5. The molecule has 1 fully saturated rings. The molecule has 1 unspecified atom stereocenters. The van der Waals surface area contributed by atoms with Gasteiger partial charge in [-0.1, -0.05) is 34.6 Å². The Morgan fingerprint density at radius 1 is 1.29 bits per heavy atom. The molecule has 1 heterocycles. The minimum atomic E-state index is -0.326. The second-order valence-corrected chi connectivity index (χ2v) is 6.36. The van der Waals surface area contributed by atoms with E-state index in [9.17, 15) is 4.79 Å². The monoisotopic (exact) mass is 260 g/mol. The van der Waals surface area contributed by atoms with Gasteiger partial charge in [-0.05, 0) is 0 Å². The first-order chi connectivity index (χ1) is 7.91. The first kappa shape index (κ1) is 16.9. The summed E-state index contributed by atoms with van der Waals surface area (Å²) >= 11 is 1.97. The highest BCUT2D eigenvalue weighted by Crippen LogP contribution is 2.17. The Bertz CT molecular complexity index is 220. The SMILES string of the molecule is CC.CC(C)(C)C(=O)C(N)CN1CCSCC1. The van der Waals surface area contributed by atoms with Crippen LogP contribution in [0.1, 0.15) is 34.6 Å². The van der Waals surface area contributed by atoms with Gasteiger partial charge in [0.25, 0.3) is 0 Å². The first-order valence-electron chi connectivity index (χ1n) is 6.51. The van der Waals surface area contributed by atoms with Crippen molar-refractivity contribution in [2.75, 3.05) is 31.1 Å². The lowest BCUT2D eigenvalue weighted by Crippen LogP contribution is -2.48. The summed E-state index contributed by atoms with van der Waals surface area (Å²) in [5.41, 5.74) is 5.62. The normalized spacial score (nSPS) is 19.2. The standard InChI is InChI=1S/C11H22N2OS.C2H6/c1-11(2,3)10(14)9(12)8-13-4-6-15-7-5-13;1-2/h9H,4-8,12H2,1-3H3;1-2H3. The van der Waals surface area contributed by atoms with E-state index in [2.05, 4.69) is 4.90 Å². The van der Waals surface area contributed by atoms with Crippen LogP contribution in [0, 0.1) is 5.41 Å². The fourth-order valence-corrected chi connectivity index (χ4v) is 2.68. The number of carbonyl (C=O) groups is 1. The Morgan fingerprint density at radius 3 is 2.18 bits per heavy atom. The van der Waals surface area contributed by atoms with E-state index in [1.54, 1.807) is 0 Å². The molecule has 1 rings (SSSR count). The van der Waals surface area contributed by atoms with E-state index in [0.29, 0.717) is 0 Å². The average molecular weight is 260 g/mol. The fourth-order valence-electron chi connectivity index (χ4n) is 1.70. The second-order valence-electron chi connectivity index (χ2n) is 5.13. The topological polar surface area (TPSA) is 46.3 Å². The van der Waals surface area contributed by atoms with E-state index < -0.39 is 0 Å². The summed E-state index contributed by atoms with van der Waals surface area (Å²) in [5.74, 6) is 2.49. The molecule has 4 heteroatoms. The number of hydrogen-bond donors (Lipinski definition) is 1. The van der Waals surface area contributed by atoms with Crippen LogP contribution in [0.4, 0.5) is 0 Å². The molecule has 1 aliphatic heterocycles. The summed E-state index contributed by atoms with van der Waals surface area (Å²) in [4.78, 5) is 14.2. The maximum atomic E-state index is 11.9. The summed E-state index contributed by atoms with van der Waals surface area (Å²) in [6.45, 7) is 12.6. The molecule has 0 bridgehead atoms. The highest BCUT2D eigenvalue weighted by molar-refractivity contribution is 7.99. The zero-order valence-corrected chi connectivity index (χ0v) is 12.8. The first-order valence-corrected chi connectivity index (χ1v) is 7.67. The number of nitrogens with two attached hydrogens (primary N) is 1. The lowest BCUT2D eigenvalue weighted by atomic mass is 9.86. The van der Waals surface area contributed by atoms with Crippen LogP contribution in [0.25, 0.3) is 0 Å². The molecule has 0 aromatic carbocycles. The minimum absolute atomic E-state index is 0.167. The quantitative estimate of drug-likeness (QED) is 0.843. The number of nitrogens with zero attached hydrogens (tertiary/aromatic N) is 1. The van der Waals surface area contributed by atoms with E-state index in [0.717, 1.165) is 31.1 Å². The number of Topliss-reactive ketones (excluding diaryl/α,β-unsaturated/α-hetero) is 1. The van der Waals surface area contributed by atoms with Crippen LogP contribution in [-0.2, 0) is 4.79 Å². The molecule has 2 N–H and O–H groups in total. The predicted octanol–water partition coefficient (Wildman–Crippen LogP) is 2.00. The summed E-state index contributed by atoms with van der Waals surface area (Å²) in [6.07, 6.45) is 0. The Kier molecular flexibility index (Phi) is 8.09. The zero-order valence-electron chi connectivity index (χ0n) is 12.0. The molecule has 102 valence electrons. The average Bonchev–Trinajstić information content (AvgIpc) is 2.30. The maximum Gasteiger partial charge on any atom is 0.156 e. The number of thioether (sulfide) groups is 1. The molecular weight excluding hydrogens is 232 g/mol. The van der Waals surface area contributed by atoms with Gasteiger partial charge in [0.05, 0.1) is 6.04 Å². The van der Waals surface area contributed by atoms with Gasteiger partial charge in [-0.3, -0.25) is 9.69 Å². The van der Waals surface area contributed by atoms with E-state index in [4.69, 9.17) is 5.73 Å². The van der Waals surface area contributed by atoms with Crippen LogP contribution in [0.2, 0.25) is 0 Å². The second kappa shape index (κ2) is 8.11. The summed E-state index contributed by atoms with van der Waals surface area (Å²) in [6, 6.07) is -0.326. The molecule has 1 saturated heterocycles. The van der Waals surface area contributed by atoms with Crippen LogP contribution >= 0.6 is 11.8 Å². The van der Waals surface area contributed by atoms with Gasteiger partial charge in [-0.2, -0.15) is 11.8 Å². The number of ketones is 1. The van der Waals surface area contributed by atoms with E-state index in [1.165, 1.54) is 0 Å². The van der Waals surface area contributed by atoms with E-state index in [1.807, 2.05) is 46.4 Å². The van der Waals surface area contributed by atoms with Crippen LogP contribution in [-0.4, -0.2) is 47.9 Å². The largest absolute Gasteiger partial charge is 0.320 e. The van der Waals surface area contributed by atoms with Crippen molar-refractivity contribution >= 4 is 17.5 Å². The molecular formula is C13H28N2OS. The Morgan fingerprint density at radius 2 is 1.76 bits per heavy atom. The van der Waals surface area contributed by atoms with Gasteiger partial charge in [0.2, 0.25) is 0 Å². The Balaban J connectivity index is 0.00000121. The van der Waals surface area contributed by atoms with Crippen molar-refractivity contribution in [1.29, 1.82) is 0 Å². The van der Waals surface area contributed by atoms with E-state index >= 15 is 0 Å². The third-order valence-electron chi connectivity index (χ3n) is 2.63. The van der Waals surface area contributed by atoms with Crippen LogP contribution in [0.3, 0.4) is 0 Å². The molecule has 0 amide bonds. The predicted molar refractivity (Wildman–Crippen MR) is 77.6 cm³/mol. The van der Waals surface area contributed by atoms with Gasteiger partial charge in [-0.15, -0.1) is 0 Å². The van der Waals surface area contributed by atoms with Crippen molar-refractivity contribution in [3.05, 3.63) is 0 Å². The number of hydrogen-bond acceptors (Lipinski definition) is 4. The molecule has 1 aliphatic rings. The van der Waals surface area contributed by atoms with E-state index in [-0.39, 0.29) is 17.2 Å². The van der Waals surface area contributed by atoms with Crippen molar-refractivity contribution in [2.45, 2.75) is 40.7 Å². The van der Waals surface area contributed by atoms with Crippen molar-refractivity contribution in [2.24, 2.45) is 11.1 Å². The molecule has 17 heavy (non-hydrogen) atoms. The molecule has 0 aromatic heterocycles. The smallest absolute Gasteiger partial charge is 0.156 e. The van der Waals surface area contributed by atoms with Crippen molar-refractivity contribution in [1.82, 2.24) is 4.90 Å². The van der Waals surface area contributed by atoms with Gasteiger partial charge in [0.15, 0.2) is 5.78 Å². The number of rotatable bonds is 3. The minimum Gasteiger partial charge on any atom is -0.320 e. The molecule has 0 saturated carbocycles. The highest BCUT2D eigenvalue weighted by Gasteiger charge is 2.28. The molecule has 0 spiro atoms.